The number of pyridine rings is 1. The summed E-state index contributed by atoms with van der Waals surface area (Å²) in [6, 6.07) is 10.4. The second kappa shape index (κ2) is 12.5. The Kier molecular flexibility index (Phi) is 10.1. The number of esters is 1. The molecule has 2 heterocycles. The van der Waals surface area contributed by atoms with Crippen molar-refractivity contribution in [2.24, 2.45) is 12.0 Å². The van der Waals surface area contributed by atoms with Gasteiger partial charge in [-0.1, -0.05) is 29.9 Å². The van der Waals surface area contributed by atoms with Gasteiger partial charge in [0.15, 0.2) is 0 Å². The van der Waals surface area contributed by atoms with Crippen LogP contribution in [0.25, 0.3) is 0 Å². The summed E-state index contributed by atoms with van der Waals surface area (Å²) in [5.74, 6) is -0.886. The maximum absolute atomic E-state index is 12.5. The van der Waals surface area contributed by atoms with Crippen LogP contribution in [0.1, 0.15) is 39.4 Å². The molecule has 0 saturated heterocycles. The van der Waals surface area contributed by atoms with E-state index in [2.05, 4.69) is 36.6 Å². The van der Waals surface area contributed by atoms with Gasteiger partial charge in [0.25, 0.3) is 5.91 Å². The first kappa shape index (κ1) is 25.8. The van der Waals surface area contributed by atoms with Crippen LogP contribution in [0.4, 0.5) is 5.69 Å². The number of aromatic nitrogens is 3. The number of rotatable bonds is 7. The van der Waals surface area contributed by atoms with Gasteiger partial charge in [0.05, 0.1) is 12.7 Å². The van der Waals surface area contributed by atoms with Crippen molar-refractivity contribution < 1.29 is 65.7 Å². The van der Waals surface area contributed by atoms with Crippen LogP contribution in [0.5, 0.6) is 0 Å². The number of ether oxygens (including phenoxy) is 1. The molecule has 2 aromatic heterocycles. The SMILES string of the molecule is COC(=O)c1ccc(C(=O)Nc2cccc(C(C)N[C-]=CN=c3cnn(C)[cH-]3)c2)cn1.[K+]. The summed E-state index contributed by atoms with van der Waals surface area (Å²) < 4.78 is 6.27. The number of carbonyl (C=O) groups is 2. The molecule has 1 unspecified atom stereocenters. The Morgan fingerprint density at radius 3 is 2.75 bits per heavy atom. The number of nitrogens with zero attached hydrogens (tertiary/aromatic N) is 4. The van der Waals surface area contributed by atoms with E-state index < -0.39 is 5.97 Å². The molecule has 0 fully saturated rings. The van der Waals surface area contributed by atoms with E-state index in [4.69, 9.17) is 0 Å². The van der Waals surface area contributed by atoms with Gasteiger partial charge in [-0.2, -0.15) is 0 Å². The first-order valence-electron chi connectivity index (χ1n) is 9.44. The quantitative estimate of drug-likeness (QED) is 0.206. The van der Waals surface area contributed by atoms with E-state index in [0.717, 1.165) is 10.9 Å². The molecule has 10 heteroatoms. The molecule has 3 rings (SSSR count). The van der Waals surface area contributed by atoms with Crippen molar-refractivity contribution in [1.29, 1.82) is 0 Å². The first-order valence-corrected chi connectivity index (χ1v) is 9.44. The number of hydrogen-bond acceptors (Lipinski definition) is 7. The van der Waals surface area contributed by atoms with Crippen LogP contribution in [-0.2, 0) is 11.8 Å². The molecule has 3 aromatic rings. The second-order valence-corrected chi connectivity index (χ2v) is 6.64. The third-order valence-corrected chi connectivity index (χ3v) is 4.33. The maximum atomic E-state index is 12.5. The number of anilines is 1. The Bertz CT molecular complexity index is 1150. The third kappa shape index (κ3) is 7.28. The Morgan fingerprint density at radius 2 is 2.09 bits per heavy atom. The Balaban J connectivity index is 0.00000363. The predicted molar refractivity (Wildman–Crippen MR) is 114 cm³/mol. The molecule has 160 valence electrons. The third-order valence-electron chi connectivity index (χ3n) is 4.33. The van der Waals surface area contributed by atoms with Crippen LogP contribution in [-0.4, -0.2) is 33.8 Å². The van der Waals surface area contributed by atoms with Gasteiger partial charge in [-0.25, -0.2) is 9.78 Å². The zero-order valence-electron chi connectivity index (χ0n) is 18.4. The van der Waals surface area contributed by atoms with Crippen molar-refractivity contribution in [3.05, 3.63) is 89.6 Å². The minimum atomic E-state index is -0.555. The minimum absolute atomic E-state index is 0. The topological polar surface area (TPSA) is 111 Å². The van der Waals surface area contributed by atoms with Crippen molar-refractivity contribution in [3.63, 3.8) is 0 Å². The minimum Gasteiger partial charge on any atom is -0.560 e. The zero-order valence-corrected chi connectivity index (χ0v) is 21.5. The van der Waals surface area contributed by atoms with Crippen LogP contribution in [0, 0.1) is 6.20 Å². The molecule has 2 N–H and O–H groups in total. The molecule has 0 spiro atoms. The van der Waals surface area contributed by atoms with E-state index >= 15 is 0 Å². The van der Waals surface area contributed by atoms with Gasteiger partial charge in [-0.15, -0.1) is 6.20 Å². The second-order valence-electron chi connectivity index (χ2n) is 6.64. The molecule has 1 aromatic carbocycles. The number of hydrogen-bond donors (Lipinski definition) is 2. The van der Waals surface area contributed by atoms with Gasteiger partial charge in [-0.3, -0.25) is 9.89 Å². The van der Waals surface area contributed by atoms with Crippen molar-refractivity contribution in [2.75, 3.05) is 12.4 Å². The number of amides is 1. The summed E-state index contributed by atoms with van der Waals surface area (Å²) in [6.07, 6.45) is 9.27. The molecule has 0 saturated carbocycles. The smallest absolute Gasteiger partial charge is 0.560 e. The van der Waals surface area contributed by atoms with Crippen LogP contribution in [0.15, 0.2) is 66.2 Å². The number of nitrogens with one attached hydrogen (secondary N) is 2. The van der Waals surface area contributed by atoms with E-state index in [-0.39, 0.29) is 69.0 Å². The average molecular weight is 458 g/mol. The van der Waals surface area contributed by atoms with Crippen LogP contribution < -0.4 is 67.4 Å². The molecular formula is C22H22KN6O3-. The maximum Gasteiger partial charge on any atom is 1.00 e. The van der Waals surface area contributed by atoms with Gasteiger partial charge in [0.2, 0.25) is 0 Å². The Hall–Kier alpha value is -2.50. The molecule has 0 bridgehead atoms. The van der Waals surface area contributed by atoms with Gasteiger partial charge < -0.3 is 31.2 Å². The molecule has 0 aliphatic heterocycles. The summed E-state index contributed by atoms with van der Waals surface area (Å²) in [4.78, 5) is 32.1. The summed E-state index contributed by atoms with van der Waals surface area (Å²) in [5.41, 5.74) is 2.06. The van der Waals surface area contributed by atoms with Gasteiger partial charge >= 0.3 is 57.4 Å². The molecule has 0 aliphatic rings. The largest absolute Gasteiger partial charge is 1.00 e. The molecule has 0 radical (unpaired) electrons. The number of aryl methyl sites for hydroxylation is 1. The molecular weight excluding hydrogens is 435 g/mol. The fourth-order valence-electron chi connectivity index (χ4n) is 2.67. The number of methoxy groups -OCH3 is 1. The monoisotopic (exact) mass is 457 g/mol. The molecule has 1 amide bonds. The van der Waals surface area contributed by atoms with Gasteiger partial charge in [-0.05, 0) is 36.8 Å². The van der Waals surface area contributed by atoms with Gasteiger partial charge in [0, 0.05) is 25.0 Å². The standard InChI is InChI=1S/C22H22N6O3.K/c1-15(23-9-10-24-19-13-26-28(2)14-19)16-5-4-6-18(11-16)27-21(29)17-7-8-20(25-12-17)22(30)31-3;/h4-8,10-15,23H,1-3H3,(H,27,29);/q-2;+1. The Morgan fingerprint density at radius 1 is 1.28 bits per heavy atom. The summed E-state index contributed by atoms with van der Waals surface area (Å²) in [5, 5.41) is 10.7. The molecule has 32 heavy (non-hydrogen) atoms. The van der Waals surface area contributed by atoms with Gasteiger partial charge in [0.1, 0.15) is 5.69 Å². The average Bonchev–Trinajstić information content (AvgIpc) is 3.21. The molecule has 0 aliphatic carbocycles. The molecule has 1 atom stereocenters. The number of carbonyl (C=O) groups excluding carboxylic acids is 2. The van der Waals surface area contributed by atoms with Crippen molar-refractivity contribution in [2.45, 2.75) is 13.0 Å². The van der Waals surface area contributed by atoms with Crippen molar-refractivity contribution >= 4 is 17.6 Å². The van der Waals surface area contributed by atoms with E-state index in [1.54, 1.807) is 29.3 Å². The summed E-state index contributed by atoms with van der Waals surface area (Å²) in [7, 11) is 3.10. The van der Waals surface area contributed by atoms with E-state index in [1.807, 2.05) is 32.2 Å². The normalized spacial score (nSPS) is 12.2. The van der Waals surface area contributed by atoms with Crippen molar-refractivity contribution in [3.8, 4) is 0 Å². The van der Waals surface area contributed by atoms with E-state index in [9.17, 15) is 9.59 Å². The van der Waals surface area contributed by atoms with Crippen molar-refractivity contribution in [1.82, 2.24) is 20.1 Å². The predicted octanol–water partition coefficient (Wildman–Crippen LogP) is -0.897. The zero-order chi connectivity index (χ0) is 22.2. The fourth-order valence-corrected chi connectivity index (χ4v) is 2.67. The van der Waals surface area contributed by atoms with Crippen LogP contribution >= 0.6 is 0 Å². The number of benzene rings is 1. The van der Waals surface area contributed by atoms with Crippen LogP contribution in [0.3, 0.4) is 0 Å². The van der Waals surface area contributed by atoms with E-state index in [1.165, 1.54) is 25.4 Å². The molecule has 9 nitrogen and oxygen atoms in total. The van der Waals surface area contributed by atoms with Crippen LogP contribution in [0.2, 0.25) is 0 Å². The summed E-state index contributed by atoms with van der Waals surface area (Å²) >= 11 is 0. The summed E-state index contributed by atoms with van der Waals surface area (Å²) in [6.45, 7) is 1.97. The Labute approximate surface area is 228 Å². The first-order chi connectivity index (χ1) is 15.0. The fraction of sp³-hybridized carbons (Fsp3) is 0.182. The van der Waals surface area contributed by atoms with E-state index in [0.29, 0.717) is 11.3 Å².